The summed E-state index contributed by atoms with van der Waals surface area (Å²) in [4.78, 5) is 24.5. The van der Waals surface area contributed by atoms with Crippen molar-refractivity contribution in [1.29, 1.82) is 0 Å². The molecule has 33 heavy (non-hydrogen) atoms. The predicted molar refractivity (Wildman–Crippen MR) is 130 cm³/mol. The second-order valence-corrected chi connectivity index (χ2v) is 7.75. The molecular formula is C24H26FN7O. The van der Waals surface area contributed by atoms with Gasteiger partial charge in [0.15, 0.2) is 11.6 Å². The molecule has 4 rings (SSSR count). The molecule has 2 heterocycles. The monoisotopic (exact) mass is 447 g/mol. The van der Waals surface area contributed by atoms with E-state index in [0.717, 1.165) is 38.1 Å². The van der Waals surface area contributed by atoms with Crippen LogP contribution in [-0.4, -0.2) is 54.0 Å². The van der Waals surface area contributed by atoms with E-state index in [1.807, 2.05) is 12.1 Å². The first-order chi connectivity index (χ1) is 16.0. The largest absolute Gasteiger partial charge is 0.369 e. The Morgan fingerprint density at radius 3 is 2.48 bits per heavy atom. The lowest BCUT2D eigenvalue weighted by Gasteiger charge is -2.34. The lowest BCUT2D eigenvalue weighted by Crippen LogP contribution is -2.44. The van der Waals surface area contributed by atoms with Crippen molar-refractivity contribution in [2.24, 2.45) is 0 Å². The van der Waals surface area contributed by atoms with E-state index < -0.39 is 5.82 Å². The average Bonchev–Trinajstić information content (AvgIpc) is 2.82. The molecular weight excluding hydrogens is 421 g/mol. The topological polar surface area (TPSA) is 85.4 Å². The summed E-state index contributed by atoms with van der Waals surface area (Å²) in [5.41, 5.74) is 3.09. The highest BCUT2D eigenvalue weighted by Crippen LogP contribution is 2.24. The molecule has 1 aliphatic rings. The molecule has 3 N–H and O–H groups in total. The van der Waals surface area contributed by atoms with E-state index >= 15 is 0 Å². The smallest absolute Gasteiger partial charge is 0.247 e. The van der Waals surface area contributed by atoms with Crippen molar-refractivity contribution in [3.63, 3.8) is 0 Å². The van der Waals surface area contributed by atoms with Crippen LogP contribution in [-0.2, 0) is 4.79 Å². The van der Waals surface area contributed by atoms with Crippen molar-refractivity contribution < 1.29 is 9.18 Å². The molecule has 1 fully saturated rings. The molecule has 0 radical (unpaired) electrons. The van der Waals surface area contributed by atoms with E-state index in [1.165, 1.54) is 11.8 Å². The Bertz CT molecular complexity index is 1130. The molecule has 1 aromatic heterocycles. The molecule has 170 valence electrons. The fraction of sp³-hybridized carbons (Fsp3) is 0.208. The summed E-state index contributed by atoms with van der Waals surface area (Å²) in [7, 11) is 2.13. The van der Waals surface area contributed by atoms with E-state index in [1.54, 1.807) is 24.3 Å². The number of rotatable bonds is 7. The van der Waals surface area contributed by atoms with Crippen LogP contribution in [0.25, 0.3) is 0 Å². The zero-order valence-electron chi connectivity index (χ0n) is 18.4. The normalized spacial score (nSPS) is 13.9. The van der Waals surface area contributed by atoms with Crippen molar-refractivity contribution in [3.05, 3.63) is 73.2 Å². The van der Waals surface area contributed by atoms with Crippen LogP contribution >= 0.6 is 0 Å². The number of carbonyl (C=O) groups is 1. The minimum absolute atomic E-state index is 0.0220. The molecule has 3 aromatic rings. The summed E-state index contributed by atoms with van der Waals surface area (Å²) in [5.74, 6) is -0.631. The maximum atomic E-state index is 14.3. The number of piperazine rings is 1. The van der Waals surface area contributed by atoms with Crippen molar-refractivity contribution in [2.75, 3.05) is 54.1 Å². The minimum atomic E-state index is -0.591. The first-order valence-electron chi connectivity index (χ1n) is 10.6. The summed E-state index contributed by atoms with van der Waals surface area (Å²) >= 11 is 0. The van der Waals surface area contributed by atoms with Gasteiger partial charge in [-0.05, 0) is 55.6 Å². The molecule has 8 nitrogen and oxygen atoms in total. The average molecular weight is 448 g/mol. The number of aromatic nitrogens is 2. The van der Waals surface area contributed by atoms with Gasteiger partial charge in [-0.1, -0.05) is 12.6 Å². The lowest BCUT2D eigenvalue weighted by molar-refractivity contribution is -0.111. The molecule has 1 amide bonds. The van der Waals surface area contributed by atoms with Crippen LogP contribution in [0.15, 0.2) is 67.4 Å². The van der Waals surface area contributed by atoms with Crippen LogP contribution in [0.4, 0.5) is 38.9 Å². The van der Waals surface area contributed by atoms with E-state index in [-0.39, 0.29) is 17.7 Å². The molecule has 0 spiro atoms. The Morgan fingerprint density at radius 1 is 1.03 bits per heavy atom. The Labute approximate surface area is 192 Å². The molecule has 1 aliphatic heterocycles. The Balaban J connectivity index is 1.44. The maximum Gasteiger partial charge on any atom is 0.247 e. The van der Waals surface area contributed by atoms with Gasteiger partial charge in [-0.3, -0.25) is 4.79 Å². The number of benzene rings is 2. The molecule has 0 atom stereocenters. The van der Waals surface area contributed by atoms with Crippen molar-refractivity contribution >= 4 is 40.4 Å². The first kappa shape index (κ1) is 22.2. The Morgan fingerprint density at radius 2 is 1.76 bits per heavy atom. The number of nitrogens with one attached hydrogen (secondary N) is 3. The maximum absolute atomic E-state index is 14.3. The van der Waals surface area contributed by atoms with Gasteiger partial charge in [-0.15, -0.1) is 0 Å². The third-order valence-electron chi connectivity index (χ3n) is 5.31. The number of amides is 1. The third kappa shape index (κ3) is 5.83. The highest BCUT2D eigenvalue weighted by atomic mass is 19.1. The fourth-order valence-corrected chi connectivity index (χ4v) is 3.47. The van der Waals surface area contributed by atoms with Gasteiger partial charge in [-0.2, -0.15) is 4.98 Å². The number of anilines is 6. The van der Waals surface area contributed by atoms with Crippen LogP contribution in [0.2, 0.25) is 0 Å². The van der Waals surface area contributed by atoms with E-state index in [4.69, 9.17) is 0 Å². The van der Waals surface area contributed by atoms with Crippen LogP contribution in [0.1, 0.15) is 0 Å². The van der Waals surface area contributed by atoms with Crippen LogP contribution in [0.3, 0.4) is 0 Å². The Hall–Kier alpha value is -3.98. The van der Waals surface area contributed by atoms with Gasteiger partial charge in [-0.25, -0.2) is 9.37 Å². The number of hydrogen-bond donors (Lipinski definition) is 3. The zero-order valence-corrected chi connectivity index (χ0v) is 18.4. The van der Waals surface area contributed by atoms with E-state index in [0.29, 0.717) is 11.4 Å². The molecule has 2 aromatic carbocycles. The second-order valence-electron chi connectivity index (χ2n) is 7.75. The first-order valence-corrected chi connectivity index (χ1v) is 10.6. The van der Waals surface area contributed by atoms with Crippen molar-refractivity contribution in [3.8, 4) is 0 Å². The summed E-state index contributed by atoms with van der Waals surface area (Å²) in [6.07, 6.45) is 2.29. The summed E-state index contributed by atoms with van der Waals surface area (Å²) < 4.78 is 14.3. The number of nitrogens with zero attached hydrogens (tertiary/aromatic N) is 4. The molecule has 0 unspecified atom stereocenters. The van der Waals surface area contributed by atoms with Crippen LogP contribution in [0, 0.1) is 5.82 Å². The number of halogens is 1. The molecule has 0 bridgehead atoms. The van der Waals surface area contributed by atoms with Gasteiger partial charge in [0, 0.05) is 48.9 Å². The van der Waals surface area contributed by atoms with Gasteiger partial charge >= 0.3 is 0 Å². The van der Waals surface area contributed by atoms with Crippen molar-refractivity contribution in [2.45, 2.75) is 0 Å². The van der Waals surface area contributed by atoms with E-state index in [9.17, 15) is 9.18 Å². The van der Waals surface area contributed by atoms with Gasteiger partial charge in [0.25, 0.3) is 0 Å². The third-order valence-corrected chi connectivity index (χ3v) is 5.31. The summed E-state index contributed by atoms with van der Waals surface area (Å²) in [6, 6.07) is 14.9. The van der Waals surface area contributed by atoms with Gasteiger partial charge in [0.05, 0.1) is 6.20 Å². The lowest BCUT2D eigenvalue weighted by atomic mass is 10.2. The summed E-state index contributed by atoms with van der Waals surface area (Å²) in [5, 5.41) is 8.71. The van der Waals surface area contributed by atoms with Gasteiger partial charge in [0.1, 0.15) is 0 Å². The highest BCUT2D eigenvalue weighted by molar-refractivity contribution is 5.99. The van der Waals surface area contributed by atoms with Crippen molar-refractivity contribution in [1.82, 2.24) is 14.9 Å². The molecule has 0 saturated carbocycles. The number of carbonyl (C=O) groups excluding carboxylic acids is 1. The molecule has 1 saturated heterocycles. The van der Waals surface area contributed by atoms with Crippen LogP contribution in [0.5, 0.6) is 0 Å². The number of hydrogen-bond acceptors (Lipinski definition) is 7. The molecule has 0 aliphatic carbocycles. The zero-order chi connectivity index (χ0) is 23.2. The second kappa shape index (κ2) is 10.1. The fourth-order valence-electron chi connectivity index (χ4n) is 3.47. The van der Waals surface area contributed by atoms with E-state index in [2.05, 4.69) is 61.5 Å². The highest BCUT2D eigenvalue weighted by Gasteiger charge is 2.14. The van der Waals surface area contributed by atoms with Gasteiger partial charge in [0.2, 0.25) is 11.9 Å². The predicted octanol–water partition coefficient (Wildman–Crippen LogP) is 3.98. The molecule has 9 heteroatoms. The summed E-state index contributed by atoms with van der Waals surface area (Å²) in [6.45, 7) is 7.51. The standard InChI is InChI=1S/C24H26FN7O/c1-3-22(33)27-18-5-4-6-19(15-18)28-23-21(25)16-26-24(30-23)29-17-7-9-20(10-8-17)32-13-11-31(2)12-14-32/h3-10,15-16H,1,11-14H2,2H3,(H,27,33)(H2,26,28,29,30). The SMILES string of the molecule is C=CC(=O)Nc1cccc(Nc2nc(Nc3ccc(N4CCN(C)CC4)cc3)ncc2F)c1. The minimum Gasteiger partial charge on any atom is -0.369 e. The number of likely N-dealkylation sites (N-methyl/N-ethyl adjacent to an activating group) is 1. The van der Waals surface area contributed by atoms with Crippen LogP contribution < -0.4 is 20.9 Å². The Kier molecular flexibility index (Phi) is 6.80. The van der Waals surface area contributed by atoms with Gasteiger partial charge < -0.3 is 25.8 Å². The quantitative estimate of drug-likeness (QED) is 0.473.